The van der Waals surface area contributed by atoms with Crippen LogP contribution in [0.3, 0.4) is 0 Å². The molecule has 1 aliphatic rings. The molecule has 7 heteroatoms. The summed E-state index contributed by atoms with van der Waals surface area (Å²) in [7, 11) is 0. The van der Waals surface area contributed by atoms with Crippen molar-refractivity contribution in [1.82, 2.24) is 10.2 Å². The van der Waals surface area contributed by atoms with Crippen molar-refractivity contribution in [2.24, 2.45) is 0 Å². The second kappa shape index (κ2) is 6.89. The SMILES string of the molecule is O=C(CN1CCc2sccc2C1)NC(=O)Nc1ccccc1F. The molecule has 0 saturated carbocycles. The number of thiophene rings is 1. The average Bonchev–Trinajstić information content (AvgIpc) is 2.97. The molecule has 0 unspecified atom stereocenters. The molecule has 0 saturated heterocycles. The number of rotatable bonds is 3. The number of fused-ring (bicyclic) bond motifs is 1. The van der Waals surface area contributed by atoms with Crippen LogP contribution in [0.5, 0.6) is 0 Å². The van der Waals surface area contributed by atoms with E-state index in [1.165, 1.54) is 28.6 Å². The lowest BCUT2D eigenvalue weighted by Gasteiger charge is -2.25. The minimum Gasteiger partial charge on any atom is -0.305 e. The van der Waals surface area contributed by atoms with Crippen molar-refractivity contribution in [2.75, 3.05) is 18.4 Å². The zero-order valence-corrected chi connectivity index (χ0v) is 13.2. The number of amides is 3. The second-order valence-electron chi connectivity index (χ2n) is 5.31. The fourth-order valence-corrected chi connectivity index (χ4v) is 3.42. The monoisotopic (exact) mass is 333 g/mol. The molecular weight excluding hydrogens is 317 g/mol. The van der Waals surface area contributed by atoms with Gasteiger partial charge in [-0.15, -0.1) is 11.3 Å². The molecule has 0 fully saturated rings. The Hall–Kier alpha value is -2.25. The maximum atomic E-state index is 13.4. The summed E-state index contributed by atoms with van der Waals surface area (Å²) in [5, 5.41) is 6.60. The minimum absolute atomic E-state index is 0.0405. The summed E-state index contributed by atoms with van der Waals surface area (Å²) >= 11 is 1.73. The van der Waals surface area contributed by atoms with Gasteiger partial charge in [-0.1, -0.05) is 12.1 Å². The van der Waals surface area contributed by atoms with E-state index in [9.17, 15) is 14.0 Å². The maximum Gasteiger partial charge on any atom is 0.326 e. The van der Waals surface area contributed by atoms with Gasteiger partial charge in [0, 0.05) is 18.0 Å². The van der Waals surface area contributed by atoms with Crippen LogP contribution < -0.4 is 10.6 Å². The third kappa shape index (κ3) is 3.94. The first-order valence-electron chi connectivity index (χ1n) is 7.25. The standard InChI is InChI=1S/C16H16FN3O2S/c17-12-3-1-2-4-13(12)18-16(22)19-15(21)10-20-7-5-14-11(9-20)6-8-23-14/h1-4,6,8H,5,7,9-10H2,(H2,18,19,21,22). The average molecular weight is 333 g/mol. The Morgan fingerprint density at radius 3 is 2.91 bits per heavy atom. The lowest BCUT2D eigenvalue weighted by molar-refractivity contribution is -0.121. The van der Waals surface area contributed by atoms with Crippen LogP contribution in [-0.2, 0) is 17.8 Å². The van der Waals surface area contributed by atoms with Gasteiger partial charge in [-0.3, -0.25) is 15.0 Å². The van der Waals surface area contributed by atoms with Crippen LogP contribution in [0.2, 0.25) is 0 Å². The van der Waals surface area contributed by atoms with Crippen LogP contribution in [0.1, 0.15) is 10.4 Å². The molecule has 1 aromatic carbocycles. The molecule has 0 atom stereocenters. The third-order valence-corrected chi connectivity index (χ3v) is 4.65. The van der Waals surface area contributed by atoms with Crippen molar-refractivity contribution in [3.63, 3.8) is 0 Å². The quantitative estimate of drug-likeness (QED) is 0.908. The molecule has 3 rings (SSSR count). The number of nitrogens with zero attached hydrogens (tertiary/aromatic N) is 1. The van der Waals surface area contributed by atoms with Gasteiger partial charge in [0.05, 0.1) is 12.2 Å². The van der Waals surface area contributed by atoms with Gasteiger partial charge in [0.25, 0.3) is 0 Å². The Bertz CT molecular complexity index is 732. The summed E-state index contributed by atoms with van der Waals surface area (Å²) in [6, 6.07) is 7.14. The molecule has 5 nitrogen and oxygen atoms in total. The predicted molar refractivity (Wildman–Crippen MR) is 86.9 cm³/mol. The number of imide groups is 1. The highest BCUT2D eigenvalue weighted by Gasteiger charge is 2.20. The summed E-state index contributed by atoms with van der Waals surface area (Å²) in [5.74, 6) is -0.950. The second-order valence-corrected chi connectivity index (χ2v) is 6.31. The molecule has 1 aliphatic heterocycles. The highest BCUT2D eigenvalue weighted by Crippen LogP contribution is 2.23. The van der Waals surface area contributed by atoms with E-state index >= 15 is 0 Å². The summed E-state index contributed by atoms with van der Waals surface area (Å²) in [4.78, 5) is 27.0. The normalized spacial score (nSPS) is 14.1. The van der Waals surface area contributed by atoms with Crippen molar-refractivity contribution in [3.8, 4) is 0 Å². The molecule has 0 radical (unpaired) electrons. The van der Waals surface area contributed by atoms with Gasteiger partial charge >= 0.3 is 6.03 Å². The molecule has 120 valence electrons. The molecule has 2 N–H and O–H groups in total. The molecule has 23 heavy (non-hydrogen) atoms. The van der Waals surface area contributed by atoms with E-state index in [0.29, 0.717) is 6.54 Å². The summed E-state index contributed by atoms with van der Waals surface area (Å²) in [6.45, 7) is 1.64. The van der Waals surface area contributed by atoms with Crippen molar-refractivity contribution < 1.29 is 14.0 Å². The number of anilines is 1. The Labute approximate surface area is 137 Å². The van der Waals surface area contributed by atoms with Gasteiger partial charge in [-0.05, 0) is 35.6 Å². The number of hydrogen-bond donors (Lipinski definition) is 2. The van der Waals surface area contributed by atoms with Crippen LogP contribution in [-0.4, -0.2) is 29.9 Å². The number of carbonyl (C=O) groups excluding carboxylic acids is 2. The molecule has 3 amide bonds. The third-order valence-electron chi connectivity index (χ3n) is 3.63. The molecular formula is C16H16FN3O2S. The van der Waals surface area contributed by atoms with E-state index in [-0.39, 0.29) is 12.2 Å². The van der Waals surface area contributed by atoms with E-state index in [0.717, 1.165) is 13.0 Å². The van der Waals surface area contributed by atoms with Gasteiger partial charge in [-0.2, -0.15) is 0 Å². The highest BCUT2D eigenvalue weighted by atomic mass is 32.1. The molecule has 2 heterocycles. The van der Waals surface area contributed by atoms with Crippen molar-refractivity contribution in [2.45, 2.75) is 13.0 Å². The smallest absolute Gasteiger partial charge is 0.305 e. The highest BCUT2D eigenvalue weighted by molar-refractivity contribution is 7.10. The first-order valence-corrected chi connectivity index (χ1v) is 8.13. The lowest BCUT2D eigenvalue weighted by Crippen LogP contribution is -2.43. The van der Waals surface area contributed by atoms with E-state index in [4.69, 9.17) is 0 Å². The van der Waals surface area contributed by atoms with Crippen LogP contribution in [0.15, 0.2) is 35.7 Å². The van der Waals surface area contributed by atoms with Crippen LogP contribution in [0, 0.1) is 5.82 Å². The van der Waals surface area contributed by atoms with Gasteiger partial charge in [0.15, 0.2) is 0 Å². The number of urea groups is 1. The first-order chi connectivity index (χ1) is 11.1. The Balaban J connectivity index is 1.50. The number of para-hydroxylation sites is 1. The van der Waals surface area contributed by atoms with E-state index < -0.39 is 17.8 Å². The topological polar surface area (TPSA) is 61.4 Å². The molecule has 0 bridgehead atoms. The minimum atomic E-state index is -0.728. The lowest BCUT2D eigenvalue weighted by atomic mass is 10.1. The molecule has 0 aliphatic carbocycles. The number of carbonyl (C=O) groups is 2. The van der Waals surface area contributed by atoms with Gasteiger partial charge < -0.3 is 5.32 Å². The van der Waals surface area contributed by atoms with Crippen LogP contribution in [0.4, 0.5) is 14.9 Å². The van der Waals surface area contributed by atoms with Gasteiger partial charge in [-0.25, -0.2) is 9.18 Å². The summed E-state index contributed by atoms with van der Waals surface area (Å²) in [5.41, 5.74) is 1.28. The fraction of sp³-hybridized carbons (Fsp3) is 0.250. The van der Waals surface area contributed by atoms with Gasteiger partial charge in [0.1, 0.15) is 5.82 Å². The zero-order valence-electron chi connectivity index (χ0n) is 12.3. The maximum absolute atomic E-state index is 13.4. The molecule has 0 spiro atoms. The number of hydrogen-bond acceptors (Lipinski definition) is 4. The Morgan fingerprint density at radius 1 is 1.26 bits per heavy atom. The Kier molecular flexibility index (Phi) is 4.68. The van der Waals surface area contributed by atoms with E-state index in [1.807, 2.05) is 4.90 Å². The zero-order chi connectivity index (χ0) is 16.2. The summed E-state index contributed by atoms with van der Waals surface area (Å²) in [6.07, 6.45) is 0.918. The number of halogens is 1. The number of nitrogens with one attached hydrogen (secondary N) is 2. The largest absolute Gasteiger partial charge is 0.326 e. The molecule has 2 aromatic rings. The predicted octanol–water partition coefficient (Wildman–Crippen LogP) is 2.59. The van der Waals surface area contributed by atoms with Crippen molar-refractivity contribution >= 4 is 29.0 Å². The Morgan fingerprint density at radius 2 is 2.09 bits per heavy atom. The van der Waals surface area contributed by atoms with Crippen LogP contribution >= 0.6 is 11.3 Å². The van der Waals surface area contributed by atoms with Gasteiger partial charge in [0.2, 0.25) is 5.91 Å². The number of benzene rings is 1. The van der Waals surface area contributed by atoms with E-state index in [1.54, 1.807) is 17.4 Å². The van der Waals surface area contributed by atoms with Crippen molar-refractivity contribution in [1.29, 1.82) is 0 Å². The fourth-order valence-electron chi connectivity index (χ4n) is 2.53. The van der Waals surface area contributed by atoms with Crippen LogP contribution in [0.25, 0.3) is 0 Å². The van der Waals surface area contributed by atoms with E-state index in [2.05, 4.69) is 22.1 Å². The first kappa shape index (κ1) is 15.6. The van der Waals surface area contributed by atoms with Crippen molar-refractivity contribution in [3.05, 3.63) is 52.0 Å². The molecule has 1 aromatic heterocycles. The summed E-state index contributed by atoms with van der Waals surface area (Å²) < 4.78 is 13.4.